The first-order valence-corrected chi connectivity index (χ1v) is 10.9. The summed E-state index contributed by atoms with van der Waals surface area (Å²) in [6, 6.07) is 16.1. The lowest BCUT2D eigenvalue weighted by atomic mass is 10.1. The quantitative estimate of drug-likeness (QED) is 0.358. The summed E-state index contributed by atoms with van der Waals surface area (Å²) in [5.74, 6) is -2.46. The molecule has 8 nitrogen and oxygen atoms in total. The maximum atomic E-state index is 13.2. The van der Waals surface area contributed by atoms with E-state index in [2.05, 4.69) is 5.32 Å². The zero-order chi connectivity index (χ0) is 25.1. The molecule has 4 rings (SSSR count). The van der Waals surface area contributed by atoms with Crippen molar-refractivity contribution < 1.29 is 29.0 Å². The number of hydrogen-bond acceptors (Lipinski definition) is 5. The highest BCUT2D eigenvalue weighted by Gasteiger charge is 2.37. The summed E-state index contributed by atoms with van der Waals surface area (Å²) in [7, 11) is 0. The standard InChI is InChI=1S/C25H16Cl2N2O6/c26-17-9-10-21(35-13-14-5-7-15(8-6-14)24(32)33)16(11-17)12-18-22(30)28-25(34)29(23(18)31)20-4-2-1-3-19(20)27/h1-12H,13H2,(H,32,33)(H,28,30,34)/b18-12+. The van der Waals surface area contributed by atoms with E-state index >= 15 is 0 Å². The van der Waals surface area contributed by atoms with E-state index in [-0.39, 0.29) is 28.5 Å². The van der Waals surface area contributed by atoms with Crippen LogP contribution in [0.2, 0.25) is 10.0 Å². The van der Waals surface area contributed by atoms with Crippen LogP contribution in [0.1, 0.15) is 21.5 Å². The molecule has 3 aromatic rings. The zero-order valence-electron chi connectivity index (χ0n) is 17.8. The first-order chi connectivity index (χ1) is 16.7. The Morgan fingerprint density at radius 3 is 2.40 bits per heavy atom. The van der Waals surface area contributed by atoms with Gasteiger partial charge in [-0.05, 0) is 54.1 Å². The number of carboxylic acids is 1. The molecule has 0 saturated carbocycles. The molecule has 0 unspecified atom stereocenters. The number of carboxylic acid groups (broad SMARTS) is 1. The highest BCUT2D eigenvalue weighted by atomic mass is 35.5. The number of carbonyl (C=O) groups is 4. The molecule has 35 heavy (non-hydrogen) atoms. The van der Waals surface area contributed by atoms with Crippen LogP contribution in [0, 0.1) is 0 Å². The maximum Gasteiger partial charge on any atom is 0.335 e. The summed E-state index contributed by atoms with van der Waals surface area (Å²) in [5.41, 5.74) is 0.979. The van der Waals surface area contributed by atoms with Gasteiger partial charge in [0, 0.05) is 10.6 Å². The molecule has 1 saturated heterocycles. The molecule has 4 amide bonds. The van der Waals surface area contributed by atoms with Gasteiger partial charge in [-0.15, -0.1) is 0 Å². The number of aromatic carboxylic acids is 1. The Hall–Kier alpha value is -4.14. The SMILES string of the molecule is O=C1NC(=O)N(c2ccccc2Cl)C(=O)/C1=C/c1cc(Cl)ccc1OCc1ccc(C(=O)O)cc1. The minimum atomic E-state index is -1.04. The molecule has 2 N–H and O–H groups in total. The van der Waals surface area contributed by atoms with Gasteiger partial charge in [0.2, 0.25) is 0 Å². The van der Waals surface area contributed by atoms with Crippen LogP contribution < -0.4 is 15.0 Å². The normalized spacial score (nSPS) is 14.7. The molecule has 0 aromatic heterocycles. The van der Waals surface area contributed by atoms with Crippen LogP contribution in [0.4, 0.5) is 10.5 Å². The molecule has 1 aliphatic rings. The molecule has 0 spiro atoms. The average molecular weight is 511 g/mol. The lowest BCUT2D eigenvalue weighted by Gasteiger charge is -2.27. The first-order valence-electron chi connectivity index (χ1n) is 10.1. The Kier molecular flexibility index (Phi) is 6.86. The number of nitrogens with one attached hydrogen (secondary N) is 1. The van der Waals surface area contributed by atoms with Crippen molar-refractivity contribution in [1.82, 2.24) is 5.32 Å². The largest absolute Gasteiger partial charge is 0.488 e. The summed E-state index contributed by atoms with van der Waals surface area (Å²) < 4.78 is 5.85. The van der Waals surface area contributed by atoms with Gasteiger partial charge in [0.05, 0.1) is 16.3 Å². The number of hydrogen-bond donors (Lipinski definition) is 2. The molecule has 0 atom stereocenters. The Morgan fingerprint density at radius 2 is 1.71 bits per heavy atom. The second-order valence-corrected chi connectivity index (χ2v) is 8.23. The van der Waals surface area contributed by atoms with Crippen LogP contribution in [-0.2, 0) is 16.2 Å². The van der Waals surface area contributed by atoms with Crippen molar-refractivity contribution >= 4 is 58.8 Å². The van der Waals surface area contributed by atoms with E-state index in [0.29, 0.717) is 21.9 Å². The second-order valence-electron chi connectivity index (χ2n) is 7.38. The smallest absolute Gasteiger partial charge is 0.335 e. The van der Waals surface area contributed by atoms with Gasteiger partial charge in [-0.1, -0.05) is 47.5 Å². The fourth-order valence-corrected chi connectivity index (χ4v) is 3.73. The van der Waals surface area contributed by atoms with Gasteiger partial charge in [0.25, 0.3) is 11.8 Å². The number of urea groups is 1. The van der Waals surface area contributed by atoms with Gasteiger partial charge in [-0.2, -0.15) is 0 Å². The minimum absolute atomic E-state index is 0.0854. The Balaban J connectivity index is 1.65. The third-order valence-electron chi connectivity index (χ3n) is 5.06. The Labute approximate surface area is 209 Å². The van der Waals surface area contributed by atoms with Gasteiger partial charge in [0.15, 0.2) is 0 Å². The number of nitrogens with zero attached hydrogens (tertiary/aromatic N) is 1. The van der Waals surface area contributed by atoms with E-state index in [0.717, 1.165) is 4.90 Å². The van der Waals surface area contributed by atoms with Crippen molar-refractivity contribution in [2.45, 2.75) is 6.61 Å². The number of halogens is 2. The van der Waals surface area contributed by atoms with Gasteiger partial charge in [0.1, 0.15) is 17.9 Å². The molecule has 1 aliphatic heterocycles. The number of imide groups is 2. The number of barbiturate groups is 1. The molecular formula is C25H16Cl2N2O6. The van der Waals surface area contributed by atoms with Gasteiger partial charge >= 0.3 is 12.0 Å². The van der Waals surface area contributed by atoms with Crippen LogP contribution in [0.3, 0.4) is 0 Å². The third-order valence-corrected chi connectivity index (χ3v) is 5.62. The summed E-state index contributed by atoms with van der Waals surface area (Å²) in [6.07, 6.45) is 1.28. The van der Waals surface area contributed by atoms with E-state index in [1.807, 2.05) is 0 Å². The monoisotopic (exact) mass is 510 g/mol. The van der Waals surface area contributed by atoms with E-state index in [9.17, 15) is 19.2 Å². The average Bonchev–Trinajstić information content (AvgIpc) is 2.82. The number of benzene rings is 3. The van der Waals surface area contributed by atoms with Gasteiger partial charge < -0.3 is 9.84 Å². The first kappa shape index (κ1) is 24.0. The Bertz CT molecular complexity index is 1380. The molecule has 0 radical (unpaired) electrons. The van der Waals surface area contributed by atoms with Crippen molar-refractivity contribution in [1.29, 1.82) is 0 Å². The minimum Gasteiger partial charge on any atom is -0.488 e. The third kappa shape index (κ3) is 5.18. The molecule has 0 bridgehead atoms. The summed E-state index contributed by atoms with van der Waals surface area (Å²) >= 11 is 12.3. The number of ether oxygens (including phenoxy) is 1. The number of carbonyl (C=O) groups excluding carboxylic acids is 3. The van der Waals surface area contributed by atoms with Crippen molar-refractivity contribution in [2.75, 3.05) is 4.90 Å². The Morgan fingerprint density at radius 1 is 1.00 bits per heavy atom. The zero-order valence-corrected chi connectivity index (χ0v) is 19.3. The molecule has 1 fully saturated rings. The van der Waals surface area contributed by atoms with E-state index < -0.39 is 23.8 Å². The topological polar surface area (TPSA) is 113 Å². The lowest BCUT2D eigenvalue weighted by Crippen LogP contribution is -2.54. The fourth-order valence-electron chi connectivity index (χ4n) is 3.33. The van der Waals surface area contributed by atoms with Crippen molar-refractivity contribution in [3.8, 4) is 5.75 Å². The molecule has 3 aromatic carbocycles. The molecule has 176 valence electrons. The van der Waals surface area contributed by atoms with E-state index in [4.69, 9.17) is 33.0 Å². The van der Waals surface area contributed by atoms with Crippen molar-refractivity contribution in [3.05, 3.63) is 99.0 Å². The summed E-state index contributed by atoms with van der Waals surface area (Å²) in [6.45, 7) is 0.0854. The van der Waals surface area contributed by atoms with Crippen molar-refractivity contribution in [3.63, 3.8) is 0 Å². The predicted octanol–water partition coefficient (Wildman–Crippen LogP) is 4.94. The van der Waals surface area contributed by atoms with E-state index in [1.165, 1.54) is 36.4 Å². The summed E-state index contributed by atoms with van der Waals surface area (Å²) in [5, 5.41) is 11.7. The highest BCUT2D eigenvalue weighted by molar-refractivity contribution is 6.42. The predicted molar refractivity (Wildman–Crippen MR) is 130 cm³/mol. The van der Waals surface area contributed by atoms with Crippen molar-refractivity contribution in [2.24, 2.45) is 0 Å². The number of amides is 4. The molecule has 10 heteroatoms. The molecule has 1 heterocycles. The van der Waals surface area contributed by atoms with Crippen LogP contribution in [0.5, 0.6) is 5.75 Å². The van der Waals surface area contributed by atoms with Crippen LogP contribution in [0.15, 0.2) is 72.3 Å². The molecule has 0 aliphatic carbocycles. The van der Waals surface area contributed by atoms with Gasteiger partial charge in [-0.25, -0.2) is 14.5 Å². The lowest BCUT2D eigenvalue weighted by molar-refractivity contribution is -0.122. The number of para-hydroxylation sites is 1. The van der Waals surface area contributed by atoms with Crippen LogP contribution in [0.25, 0.3) is 6.08 Å². The second kappa shape index (κ2) is 10.0. The maximum absolute atomic E-state index is 13.2. The summed E-state index contributed by atoms with van der Waals surface area (Å²) in [4.78, 5) is 49.9. The highest BCUT2D eigenvalue weighted by Crippen LogP contribution is 2.31. The fraction of sp³-hybridized carbons (Fsp3) is 0.0400. The number of rotatable bonds is 6. The van der Waals surface area contributed by atoms with Crippen LogP contribution >= 0.6 is 23.2 Å². The molecular weight excluding hydrogens is 495 g/mol. The van der Waals surface area contributed by atoms with Gasteiger partial charge in [-0.3, -0.25) is 14.9 Å². The van der Waals surface area contributed by atoms with Crippen LogP contribution in [-0.4, -0.2) is 28.9 Å². The van der Waals surface area contributed by atoms with E-state index in [1.54, 1.807) is 36.4 Å². The number of anilines is 1.